The zero-order valence-corrected chi connectivity index (χ0v) is 11.5. The molecule has 0 aliphatic carbocycles. The second-order valence-electron chi connectivity index (χ2n) is 4.32. The Morgan fingerprint density at radius 3 is 2.58 bits per heavy atom. The normalized spacial score (nSPS) is 17.2. The first-order valence-corrected chi connectivity index (χ1v) is 7.04. The zero-order chi connectivity index (χ0) is 14.2. The minimum Gasteiger partial charge on any atom is -0.508 e. The van der Waals surface area contributed by atoms with E-state index in [4.69, 9.17) is 4.74 Å². The summed E-state index contributed by atoms with van der Waals surface area (Å²) in [5, 5.41) is 19.1. The van der Waals surface area contributed by atoms with E-state index in [2.05, 4.69) is 0 Å². The first-order chi connectivity index (χ1) is 8.86. The highest BCUT2D eigenvalue weighted by atomic mass is 32.2. The monoisotopic (exact) mass is 288 g/mol. The summed E-state index contributed by atoms with van der Waals surface area (Å²) in [7, 11) is -0.871. The van der Waals surface area contributed by atoms with Gasteiger partial charge in [0, 0.05) is 33.3 Å². The molecule has 0 atom stereocenters. The molecule has 1 aromatic rings. The number of ether oxygens (including phenoxy) is 1. The van der Waals surface area contributed by atoms with E-state index >= 15 is 0 Å². The summed E-state index contributed by atoms with van der Waals surface area (Å²) in [4.78, 5) is 0. The van der Waals surface area contributed by atoms with Crippen molar-refractivity contribution in [3.63, 3.8) is 0 Å². The van der Waals surface area contributed by atoms with E-state index < -0.39 is 10.2 Å². The van der Waals surface area contributed by atoms with Gasteiger partial charge in [0.2, 0.25) is 0 Å². The largest absolute Gasteiger partial charge is 0.508 e. The predicted octanol–water partition coefficient (Wildman–Crippen LogP) is 0.109. The van der Waals surface area contributed by atoms with E-state index in [1.54, 1.807) is 0 Å². The number of hydrogen-bond acceptors (Lipinski definition) is 5. The van der Waals surface area contributed by atoms with Crippen LogP contribution in [0.4, 0.5) is 5.69 Å². The van der Waals surface area contributed by atoms with Crippen LogP contribution in [-0.2, 0) is 14.9 Å². The molecule has 0 saturated carbocycles. The van der Waals surface area contributed by atoms with Crippen molar-refractivity contribution in [1.82, 2.24) is 4.31 Å². The topological polar surface area (TPSA) is 90.3 Å². The van der Waals surface area contributed by atoms with Crippen molar-refractivity contribution in [3.05, 3.63) is 18.2 Å². The molecule has 1 saturated heterocycles. The lowest BCUT2D eigenvalue weighted by Gasteiger charge is -2.39. The third-order valence-electron chi connectivity index (χ3n) is 3.12. The van der Waals surface area contributed by atoms with E-state index in [0.717, 1.165) is 4.31 Å². The van der Waals surface area contributed by atoms with E-state index in [9.17, 15) is 18.6 Å². The van der Waals surface area contributed by atoms with Crippen LogP contribution in [0.15, 0.2) is 18.2 Å². The van der Waals surface area contributed by atoms with Gasteiger partial charge in [0.25, 0.3) is 0 Å². The fourth-order valence-electron chi connectivity index (χ4n) is 1.80. The summed E-state index contributed by atoms with van der Waals surface area (Å²) in [6.45, 7) is 0.561. The maximum Gasteiger partial charge on any atom is 0.304 e. The summed E-state index contributed by atoms with van der Waals surface area (Å²) in [6, 6.07) is 3.72. The molecule has 1 heterocycles. The van der Waals surface area contributed by atoms with Gasteiger partial charge >= 0.3 is 10.2 Å². The maximum atomic E-state index is 12.2. The first-order valence-electron chi connectivity index (χ1n) is 5.65. The summed E-state index contributed by atoms with van der Waals surface area (Å²) in [5.74, 6) is -0.332. The number of hydrogen-bond donors (Lipinski definition) is 2. The Labute approximate surface area is 111 Å². The lowest BCUT2D eigenvalue weighted by Crippen LogP contribution is -2.57. The van der Waals surface area contributed by atoms with Crippen LogP contribution >= 0.6 is 0 Å². The van der Waals surface area contributed by atoms with E-state index in [1.807, 2.05) is 0 Å². The molecule has 1 aromatic carbocycles. The van der Waals surface area contributed by atoms with Crippen molar-refractivity contribution in [3.8, 4) is 11.5 Å². The molecule has 106 valence electrons. The van der Waals surface area contributed by atoms with Crippen LogP contribution in [0, 0.1) is 0 Å². The van der Waals surface area contributed by atoms with Gasteiger partial charge in [-0.05, 0) is 12.1 Å². The molecular weight excluding hydrogens is 272 g/mol. The predicted molar refractivity (Wildman–Crippen MR) is 69.5 cm³/mol. The van der Waals surface area contributed by atoms with Crippen LogP contribution in [-0.4, -0.2) is 56.3 Å². The SMILES string of the molecule is COC1CN(S(=O)(=O)N(C)c2cc(O)ccc2O)C1. The van der Waals surface area contributed by atoms with Crippen molar-refractivity contribution in [1.29, 1.82) is 0 Å². The summed E-state index contributed by atoms with van der Waals surface area (Å²) >= 11 is 0. The number of anilines is 1. The smallest absolute Gasteiger partial charge is 0.304 e. The molecule has 0 spiro atoms. The molecule has 2 N–H and O–H groups in total. The van der Waals surface area contributed by atoms with Gasteiger partial charge in [-0.1, -0.05) is 0 Å². The first kappa shape index (κ1) is 13.9. The Balaban J connectivity index is 2.23. The minimum absolute atomic E-state index is 0.0286. The average Bonchev–Trinajstić information content (AvgIpc) is 2.29. The third kappa shape index (κ3) is 2.46. The number of benzene rings is 1. The quantitative estimate of drug-likeness (QED) is 0.767. The highest BCUT2D eigenvalue weighted by molar-refractivity contribution is 7.90. The van der Waals surface area contributed by atoms with Crippen LogP contribution in [0.1, 0.15) is 0 Å². The van der Waals surface area contributed by atoms with Crippen molar-refractivity contribution in [2.24, 2.45) is 0 Å². The van der Waals surface area contributed by atoms with Gasteiger partial charge in [-0.15, -0.1) is 0 Å². The van der Waals surface area contributed by atoms with E-state index in [0.29, 0.717) is 0 Å². The molecule has 1 aliphatic rings. The van der Waals surface area contributed by atoms with Gasteiger partial charge in [0.05, 0.1) is 11.8 Å². The average molecular weight is 288 g/mol. The van der Waals surface area contributed by atoms with Gasteiger partial charge in [-0.3, -0.25) is 4.31 Å². The molecule has 0 unspecified atom stereocenters. The molecule has 1 fully saturated rings. The number of phenolic OH excluding ortho intramolecular Hbond substituents is 2. The second kappa shape index (κ2) is 4.87. The van der Waals surface area contributed by atoms with Crippen molar-refractivity contribution >= 4 is 15.9 Å². The molecule has 0 amide bonds. The molecule has 7 nitrogen and oxygen atoms in total. The molecule has 0 bridgehead atoms. The minimum atomic E-state index is -3.72. The van der Waals surface area contributed by atoms with E-state index in [1.165, 1.54) is 36.7 Å². The van der Waals surface area contributed by atoms with Crippen molar-refractivity contribution < 1.29 is 23.4 Å². The molecule has 8 heteroatoms. The Morgan fingerprint density at radius 2 is 2.00 bits per heavy atom. The fourth-order valence-corrected chi connectivity index (χ4v) is 3.25. The lowest BCUT2D eigenvalue weighted by molar-refractivity contribution is 0.0124. The highest BCUT2D eigenvalue weighted by Crippen LogP contribution is 2.33. The molecule has 0 radical (unpaired) electrons. The van der Waals surface area contributed by atoms with Gasteiger partial charge in [-0.25, -0.2) is 0 Å². The standard InChI is InChI=1S/C11H16N2O5S/c1-12(10-5-8(14)3-4-11(10)15)19(16,17)13-6-9(7-13)18-2/h3-5,9,14-15H,6-7H2,1-2H3. The number of methoxy groups -OCH3 is 1. The maximum absolute atomic E-state index is 12.2. The number of rotatable bonds is 4. The van der Waals surface area contributed by atoms with Gasteiger partial charge in [-0.2, -0.15) is 12.7 Å². The van der Waals surface area contributed by atoms with Gasteiger partial charge < -0.3 is 14.9 Å². The van der Waals surface area contributed by atoms with Gasteiger partial charge in [0.1, 0.15) is 11.5 Å². The zero-order valence-electron chi connectivity index (χ0n) is 10.6. The Morgan fingerprint density at radius 1 is 1.37 bits per heavy atom. The summed E-state index contributed by atoms with van der Waals surface area (Å²) in [6.07, 6.45) is -0.0963. The number of aromatic hydroxyl groups is 2. The lowest BCUT2D eigenvalue weighted by atomic mass is 10.2. The summed E-state index contributed by atoms with van der Waals surface area (Å²) in [5.41, 5.74) is 0.0286. The third-order valence-corrected chi connectivity index (χ3v) is 4.96. The molecule has 19 heavy (non-hydrogen) atoms. The number of phenols is 2. The highest BCUT2D eigenvalue weighted by Gasteiger charge is 2.39. The number of nitrogens with zero attached hydrogens (tertiary/aromatic N) is 2. The molecule has 1 aliphatic heterocycles. The van der Waals surface area contributed by atoms with Crippen LogP contribution in [0.2, 0.25) is 0 Å². The second-order valence-corrected chi connectivity index (χ2v) is 6.28. The van der Waals surface area contributed by atoms with Crippen LogP contribution < -0.4 is 4.31 Å². The molecular formula is C11H16N2O5S. The van der Waals surface area contributed by atoms with E-state index in [-0.39, 0.29) is 36.4 Å². The van der Waals surface area contributed by atoms with Gasteiger partial charge in [0.15, 0.2) is 0 Å². The van der Waals surface area contributed by atoms with Crippen molar-refractivity contribution in [2.45, 2.75) is 6.10 Å². The van der Waals surface area contributed by atoms with Crippen LogP contribution in [0.5, 0.6) is 11.5 Å². The Bertz CT molecular complexity index is 568. The van der Waals surface area contributed by atoms with Crippen LogP contribution in [0.3, 0.4) is 0 Å². The fraction of sp³-hybridized carbons (Fsp3) is 0.455. The molecule has 2 rings (SSSR count). The summed E-state index contributed by atoms with van der Waals surface area (Å²) < 4.78 is 31.7. The van der Waals surface area contributed by atoms with Crippen LogP contribution in [0.25, 0.3) is 0 Å². The Hall–Kier alpha value is -1.51. The Kier molecular flexibility index (Phi) is 3.57. The van der Waals surface area contributed by atoms with Crippen molar-refractivity contribution in [2.75, 3.05) is 31.6 Å². The molecule has 0 aromatic heterocycles.